The summed E-state index contributed by atoms with van der Waals surface area (Å²) in [6, 6.07) is 0.733. The normalized spacial score (nSPS) is 13.9. The first-order valence-corrected chi connectivity index (χ1v) is 8.38. The third-order valence-electron chi connectivity index (χ3n) is 2.85. The smallest absolute Gasteiger partial charge is 0.378 e. The fourth-order valence-electron chi connectivity index (χ4n) is 1.74. The molecule has 0 aliphatic carbocycles. The van der Waals surface area contributed by atoms with Crippen molar-refractivity contribution >= 4 is 8.80 Å². The van der Waals surface area contributed by atoms with E-state index in [1.54, 1.807) is 21.3 Å². The Hall–Kier alpha value is 0.0569. The van der Waals surface area contributed by atoms with Crippen molar-refractivity contribution in [1.29, 1.82) is 0 Å². The van der Waals surface area contributed by atoms with Gasteiger partial charge in [0.25, 0.3) is 0 Å². The zero-order valence-electron chi connectivity index (χ0n) is 12.0. The van der Waals surface area contributed by atoms with Crippen LogP contribution >= 0.6 is 0 Å². The first kappa shape index (κ1) is 17.1. The summed E-state index contributed by atoms with van der Waals surface area (Å²) in [4.78, 5) is 0. The minimum atomic E-state index is -2.51. The average Bonchev–Trinajstić information content (AvgIpc) is 2.38. The molecule has 0 aliphatic rings. The number of hydrogen-bond acceptors (Lipinski definition) is 4. The molecule has 0 radical (unpaired) electrons. The highest BCUT2D eigenvalue weighted by atomic mass is 28.4. The quantitative estimate of drug-likeness (QED) is 0.538. The molecular weight excluding hydrogens is 236 g/mol. The summed E-state index contributed by atoms with van der Waals surface area (Å²) in [5.74, 6) is 0. The molecular formula is C12H28O4Si. The van der Waals surface area contributed by atoms with Crippen molar-refractivity contribution in [1.82, 2.24) is 0 Å². The molecule has 5 heteroatoms. The molecule has 0 aromatic heterocycles. The molecule has 17 heavy (non-hydrogen) atoms. The second-order valence-corrected chi connectivity index (χ2v) is 7.13. The topological polar surface area (TPSA) is 36.9 Å². The van der Waals surface area contributed by atoms with Gasteiger partial charge in [0.2, 0.25) is 0 Å². The molecule has 0 spiro atoms. The largest absolute Gasteiger partial charge is 0.502 e. The van der Waals surface area contributed by atoms with E-state index in [9.17, 15) is 0 Å². The molecule has 1 unspecified atom stereocenters. The lowest BCUT2D eigenvalue weighted by atomic mass is 10.2. The van der Waals surface area contributed by atoms with E-state index in [4.69, 9.17) is 18.0 Å². The third-order valence-corrected chi connectivity index (χ3v) is 5.67. The van der Waals surface area contributed by atoms with Crippen LogP contribution in [0.15, 0.2) is 0 Å². The van der Waals surface area contributed by atoms with Gasteiger partial charge >= 0.3 is 8.80 Å². The highest BCUT2D eigenvalue weighted by Crippen LogP contribution is 2.21. The predicted octanol–water partition coefficient (Wildman–Crippen LogP) is 2.85. The first-order chi connectivity index (χ1) is 8.17. The lowest BCUT2D eigenvalue weighted by Gasteiger charge is -2.28. The van der Waals surface area contributed by atoms with E-state index in [1.807, 2.05) is 0 Å². The lowest BCUT2D eigenvalue weighted by Crippen LogP contribution is -2.46. The van der Waals surface area contributed by atoms with Gasteiger partial charge < -0.3 is 18.0 Å². The lowest BCUT2D eigenvalue weighted by molar-refractivity contribution is 0.0363. The molecule has 0 fully saturated rings. The average molecular weight is 264 g/mol. The van der Waals surface area contributed by atoms with E-state index in [-0.39, 0.29) is 6.10 Å². The van der Waals surface area contributed by atoms with Crippen LogP contribution in [0.5, 0.6) is 0 Å². The molecule has 104 valence electrons. The van der Waals surface area contributed by atoms with Gasteiger partial charge in [-0.15, -0.1) is 0 Å². The molecule has 1 atom stereocenters. The Balaban J connectivity index is 4.34. The van der Waals surface area contributed by atoms with Gasteiger partial charge in [0, 0.05) is 34.0 Å². The second-order valence-electron chi connectivity index (χ2n) is 4.13. The van der Waals surface area contributed by atoms with Gasteiger partial charge in [0.1, 0.15) is 0 Å². The number of rotatable bonds is 11. The van der Waals surface area contributed by atoms with Crippen molar-refractivity contribution in [2.24, 2.45) is 0 Å². The van der Waals surface area contributed by atoms with Gasteiger partial charge in [-0.1, -0.05) is 26.7 Å². The molecule has 0 saturated carbocycles. The zero-order chi connectivity index (χ0) is 13.1. The fourth-order valence-corrected chi connectivity index (χ4v) is 3.62. The monoisotopic (exact) mass is 264 g/mol. The molecule has 0 aromatic carbocycles. The van der Waals surface area contributed by atoms with Crippen molar-refractivity contribution in [3.05, 3.63) is 0 Å². The van der Waals surface area contributed by atoms with Gasteiger partial charge in [0.05, 0.1) is 6.10 Å². The van der Waals surface area contributed by atoms with Gasteiger partial charge in [-0.25, -0.2) is 0 Å². The van der Waals surface area contributed by atoms with Gasteiger partial charge in [-0.2, -0.15) is 0 Å². The third kappa shape index (κ3) is 6.52. The van der Waals surface area contributed by atoms with Crippen LogP contribution in [0.2, 0.25) is 6.04 Å². The van der Waals surface area contributed by atoms with E-state index in [0.29, 0.717) is 0 Å². The minimum absolute atomic E-state index is 0.182. The Morgan fingerprint density at radius 1 is 0.941 bits per heavy atom. The van der Waals surface area contributed by atoms with Gasteiger partial charge in [-0.05, 0) is 12.8 Å². The van der Waals surface area contributed by atoms with Crippen LogP contribution in [0.1, 0.15) is 39.5 Å². The Morgan fingerprint density at radius 3 is 1.94 bits per heavy atom. The minimum Gasteiger partial charge on any atom is -0.378 e. The Labute approximate surface area is 107 Å². The maximum Gasteiger partial charge on any atom is 0.502 e. The van der Waals surface area contributed by atoms with Crippen molar-refractivity contribution in [3.8, 4) is 0 Å². The first-order valence-electron chi connectivity index (χ1n) is 6.45. The van der Waals surface area contributed by atoms with Crippen molar-refractivity contribution < 1.29 is 18.0 Å². The summed E-state index contributed by atoms with van der Waals surface area (Å²) in [7, 11) is 2.44. The number of hydrogen-bond donors (Lipinski definition) is 0. The summed E-state index contributed by atoms with van der Waals surface area (Å²) in [5.41, 5.74) is 0. The molecule has 0 N–H and O–H groups in total. The van der Waals surface area contributed by atoms with Gasteiger partial charge in [0.15, 0.2) is 0 Å². The molecule has 0 aliphatic heterocycles. The summed E-state index contributed by atoms with van der Waals surface area (Å²) in [6.07, 6.45) is 4.59. The summed E-state index contributed by atoms with van der Waals surface area (Å²) >= 11 is 0. The van der Waals surface area contributed by atoms with Crippen LogP contribution in [-0.4, -0.2) is 42.8 Å². The number of ether oxygens (including phenoxy) is 1. The van der Waals surface area contributed by atoms with Crippen LogP contribution in [0.4, 0.5) is 0 Å². The maximum absolute atomic E-state index is 5.85. The van der Waals surface area contributed by atoms with Crippen molar-refractivity contribution in [3.63, 3.8) is 0 Å². The maximum atomic E-state index is 5.85. The van der Waals surface area contributed by atoms with E-state index >= 15 is 0 Å². The highest BCUT2D eigenvalue weighted by Gasteiger charge is 2.40. The molecule has 0 heterocycles. The highest BCUT2D eigenvalue weighted by molar-refractivity contribution is 6.60. The van der Waals surface area contributed by atoms with Crippen LogP contribution < -0.4 is 0 Å². The molecule has 0 amide bonds. The van der Waals surface area contributed by atoms with E-state index in [2.05, 4.69) is 13.8 Å². The standard InChI is InChI=1S/C12H28O4Si/c1-6-8-9-12(16-10-7-2)11-17(13-3,14-4)15-5/h12H,6-11H2,1-5H3. The van der Waals surface area contributed by atoms with E-state index < -0.39 is 8.80 Å². The van der Waals surface area contributed by atoms with Crippen molar-refractivity contribution in [2.45, 2.75) is 51.7 Å². The molecule has 0 aromatic rings. The molecule has 0 bridgehead atoms. The fraction of sp³-hybridized carbons (Fsp3) is 1.00. The van der Waals surface area contributed by atoms with Crippen LogP contribution in [0.25, 0.3) is 0 Å². The second kappa shape index (κ2) is 10.0. The molecule has 0 saturated heterocycles. The van der Waals surface area contributed by atoms with Crippen LogP contribution in [-0.2, 0) is 18.0 Å². The Morgan fingerprint density at radius 2 is 1.53 bits per heavy atom. The zero-order valence-corrected chi connectivity index (χ0v) is 13.0. The van der Waals surface area contributed by atoms with Crippen LogP contribution in [0, 0.1) is 0 Å². The summed E-state index contributed by atoms with van der Waals surface area (Å²) < 4.78 is 22.2. The molecule has 0 rings (SSSR count). The van der Waals surface area contributed by atoms with Gasteiger partial charge in [-0.3, -0.25) is 0 Å². The van der Waals surface area contributed by atoms with Crippen molar-refractivity contribution in [2.75, 3.05) is 27.9 Å². The summed E-state index contributed by atoms with van der Waals surface area (Å²) in [6.45, 7) is 5.09. The Kier molecular flexibility index (Phi) is 10.1. The molecule has 4 nitrogen and oxygen atoms in total. The Bertz CT molecular complexity index is 158. The SMILES string of the molecule is CCCCC(C[Si](OC)(OC)OC)OCCC. The van der Waals surface area contributed by atoms with E-state index in [0.717, 1.165) is 31.9 Å². The van der Waals surface area contributed by atoms with E-state index in [1.165, 1.54) is 6.42 Å². The predicted molar refractivity (Wildman–Crippen MR) is 71.1 cm³/mol. The van der Waals surface area contributed by atoms with Crippen LogP contribution in [0.3, 0.4) is 0 Å². The number of unbranched alkanes of at least 4 members (excludes halogenated alkanes) is 1. The summed E-state index contributed by atoms with van der Waals surface area (Å²) in [5, 5.41) is 0.